The van der Waals surface area contributed by atoms with Crippen LogP contribution in [0.1, 0.15) is 19.4 Å². The minimum Gasteiger partial charge on any atom is -0.491 e. The summed E-state index contributed by atoms with van der Waals surface area (Å²) in [7, 11) is 0. The lowest BCUT2D eigenvalue weighted by atomic mass is 10.1. The van der Waals surface area contributed by atoms with Crippen molar-refractivity contribution >= 4 is 5.91 Å². The summed E-state index contributed by atoms with van der Waals surface area (Å²) in [6.07, 6.45) is -0.211. The van der Waals surface area contributed by atoms with E-state index < -0.39 is 23.2 Å². The molecule has 0 aliphatic heterocycles. The summed E-state index contributed by atoms with van der Waals surface area (Å²) < 4.78 is 44.9. The summed E-state index contributed by atoms with van der Waals surface area (Å²) in [5, 5.41) is 0. The average molecular weight is 247 g/mol. The van der Waals surface area contributed by atoms with Crippen LogP contribution in [-0.2, 0) is 10.7 Å². The average Bonchev–Trinajstić information content (AvgIpc) is 2.15. The van der Waals surface area contributed by atoms with Crippen LogP contribution in [0.2, 0.25) is 0 Å². The van der Waals surface area contributed by atoms with Crippen molar-refractivity contribution in [2.45, 2.75) is 25.9 Å². The van der Waals surface area contributed by atoms with Gasteiger partial charge in [-0.2, -0.15) is 8.78 Å². The number of halogens is 3. The van der Waals surface area contributed by atoms with E-state index in [9.17, 15) is 18.0 Å². The molecule has 0 aromatic heterocycles. The Labute approximate surface area is 96.4 Å². The lowest BCUT2D eigenvalue weighted by Gasteiger charge is -2.15. The molecular weight excluding hydrogens is 235 g/mol. The van der Waals surface area contributed by atoms with Crippen LogP contribution in [-0.4, -0.2) is 12.0 Å². The summed E-state index contributed by atoms with van der Waals surface area (Å²) in [6, 6.07) is 2.75. The highest BCUT2D eigenvalue weighted by Crippen LogP contribution is 2.31. The number of rotatable bonds is 4. The SMILES string of the molecule is CC(C)Oc1ccc(C(F)(F)C(N)=O)c(F)c1. The zero-order valence-corrected chi connectivity index (χ0v) is 9.34. The van der Waals surface area contributed by atoms with Gasteiger partial charge in [0.1, 0.15) is 11.6 Å². The highest BCUT2D eigenvalue weighted by atomic mass is 19.3. The lowest BCUT2D eigenvalue weighted by Crippen LogP contribution is -2.33. The molecule has 0 saturated carbocycles. The van der Waals surface area contributed by atoms with Crippen LogP contribution in [0.15, 0.2) is 18.2 Å². The van der Waals surface area contributed by atoms with Gasteiger partial charge in [-0.25, -0.2) is 4.39 Å². The summed E-state index contributed by atoms with van der Waals surface area (Å²) in [4.78, 5) is 10.5. The van der Waals surface area contributed by atoms with Crippen LogP contribution in [0.5, 0.6) is 5.75 Å². The fourth-order valence-electron chi connectivity index (χ4n) is 1.23. The highest BCUT2D eigenvalue weighted by Gasteiger charge is 2.41. The van der Waals surface area contributed by atoms with Crippen molar-refractivity contribution < 1.29 is 22.7 Å². The first-order valence-corrected chi connectivity index (χ1v) is 4.89. The first kappa shape index (κ1) is 13.3. The number of nitrogens with two attached hydrogens (primary N) is 1. The number of carbonyl (C=O) groups is 1. The molecule has 0 fully saturated rings. The predicted octanol–water partition coefficient (Wildman–Crippen LogP) is 2.19. The van der Waals surface area contributed by atoms with Gasteiger partial charge in [0, 0.05) is 6.07 Å². The number of hydrogen-bond donors (Lipinski definition) is 1. The van der Waals surface area contributed by atoms with Crippen LogP contribution in [0.4, 0.5) is 13.2 Å². The third-order valence-corrected chi connectivity index (χ3v) is 1.96. The number of carbonyl (C=O) groups excluding carboxylic acids is 1. The minimum atomic E-state index is -4.03. The molecule has 1 amide bonds. The largest absolute Gasteiger partial charge is 0.491 e. The predicted molar refractivity (Wildman–Crippen MR) is 55.3 cm³/mol. The van der Waals surface area contributed by atoms with Crippen molar-refractivity contribution in [1.82, 2.24) is 0 Å². The maximum atomic E-state index is 13.4. The second-order valence-electron chi connectivity index (χ2n) is 3.75. The summed E-state index contributed by atoms with van der Waals surface area (Å²) >= 11 is 0. The maximum absolute atomic E-state index is 13.4. The quantitative estimate of drug-likeness (QED) is 0.886. The Morgan fingerprint density at radius 2 is 2.00 bits per heavy atom. The third kappa shape index (κ3) is 2.89. The number of ether oxygens (including phenoxy) is 1. The summed E-state index contributed by atoms with van der Waals surface area (Å²) in [6.45, 7) is 3.42. The van der Waals surface area contributed by atoms with Gasteiger partial charge in [-0.3, -0.25) is 4.79 Å². The molecule has 0 atom stereocenters. The summed E-state index contributed by atoms with van der Waals surface area (Å²) in [5.74, 6) is -7.04. The normalized spacial score (nSPS) is 11.6. The van der Waals surface area contributed by atoms with Crippen molar-refractivity contribution in [3.8, 4) is 5.75 Å². The van der Waals surface area contributed by atoms with Gasteiger partial charge >= 0.3 is 5.92 Å². The van der Waals surface area contributed by atoms with Crippen LogP contribution >= 0.6 is 0 Å². The van der Waals surface area contributed by atoms with Crippen molar-refractivity contribution in [3.05, 3.63) is 29.6 Å². The molecule has 3 nitrogen and oxygen atoms in total. The molecule has 0 bridgehead atoms. The van der Waals surface area contributed by atoms with Crippen molar-refractivity contribution in [2.24, 2.45) is 5.73 Å². The molecule has 0 radical (unpaired) electrons. The molecule has 0 unspecified atom stereocenters. The molecule has 94 valence electrons. The van der Waals surface area contributed by atoms with Crippen molar-refractivity contribution in [3.63, 3.8) is 0 Å². The topological polar surface area (TPSA) is 52.3 Å². The first-order chi connectivity index (χ1) is 7.75. The van der Waals surface area contributed by atoms with Crippen molar-refractivity contribution in [2.75, 3.05) is 0 Å². The van der Waals surface area contributed by atoms with E-state index in [1.807, 2.05) is 0 Å². The van der Waals surface area contributed by atoms with Crippen molar-refractivity contribution in [1.29, 1.82) is 0 Å². The molecule has 0 heterocycles. The number of alkyl halides is 2. The molecule has 6 heteroatoms. The van der Waals surface area contributed by atoms with E-state index in [0.717, 1.165) is 18.2 Å². The Morgan fingerprint density at radius 1 is 1.41 bits per heavy atom. The molecule has 1 rings (SSSR count). The van der Waals surface area contributed by atoms with Gasteiger partial charge in [0.15, 0.2) is 0 Å². The van der Waals surface area contributed by atoms with E-state index in [0.29, 0.717) is 0 Å². The Balaban J connectivity index is 3.10. The highest BCUT2D eigenvalue weighted by molar-refractivity contribution is 5.83. The van der Waals surface area contributed by atoms with E-state index in [-0.39, 0.29) is 11.9 Å². The lowest BCUT2D eigenvalue weighted by molar-refractivity contribution is -0.143. The zero-order chi connectivity index (χ0) is 13.2. The van der Waals surface area contributed by atoms with Gasteiger partial charge in [0.2, 0.25) is 0 Å². The molecule has 0 saturated heterocycles. The Hall–Kier alpha value is -1.72. The molecular formula is C11H12F3NO2. The van der Waals surface area contributed by atoms with Gasteiger partial charge < -0.3 is 10.5 Å². The Morgan fingerprint density at radius 3 is 2.41 bits per heavy atom. The first-order valence-electron chi connectivity index (χ1n) is 4.89. The van der Waals surface area contributed by atoms with Crippen LogP contribution in [0, 0.1) is 5.82 Å². The number of benzene rings is 1. The molecule has 17 heavy (non-hydrogen) atoms. The van der Waals surface area contributed by atoms with Gasteiger partial charge in [0.25, 0.3) is 5.91 Å². The second kappa shape index (κ2) is 4.65. The number of primary amides is 1. The number of amides is 1. The van der Waals surface area contributed by atoms with Gasteiger partial charge in [-0.1, -0.05) is 0 Å². The van der Waals surface area contributed by atoms with Gasteiger partial charge in [-0.15, -0.1) is 0 Å². The molecule has 1 aromatic carbocycles. The molecule has 0 aliphatic rings. The van der Waals surface area contributed by atoms with E-state index in [2.05, 4.69) is 5.73 Å². The Bertz CT molecular complexity index is 433. The molecule has 0 spiro atoms. The van der Waals surface area contributed by atoms with Gasteiger partial charge in [0.05, 0.1) is 11.7 Å². The monoisotopic (exact) mass is 247 g/mol. The fourth-order valence-corrected chi connectivity index (χ4v) is 1.23. The minimum absolute atomic E-state index is 0.113. The van der Waals surface area contributed by atoms with E-state index in [1.54, 1.807) is 13.8 Å². The molecule has 1 aromatic rings. The van der Waals surface area contributed by atoms with Crippen LogP contribution in [0.25, 0.3) is 0 Å². The van der Waals surface area contributed by atoms with E-state index >= 15 is 0 Å². The standard InChI is InChI=1S/C11H12F3NO2/c1-6(2)17-7-3-4-8(9(12)5-7)11(13,14)10(15)16/h3-6H,1-2H3,(H2,15,16). The van der Waals surface area contributed by atoms with E-state index in [1.165, 1.54) is 0 Å². The molecule has 0 aliphatic carbocycles. The number of hydrogen-bond acceptors (Lipinski definition) is 2. The summed E-state index contributed by atoms with van der Waals surface area (Å²) in [5.41, 5.74) is 3.45. The second-order valence-corrected chi connectivity index (χ2v) is 3.75. The maximum Gasteiger partial charge on any atom is 0.352 e. The van der Waals surface area contributed by atoms with Crippen LogP contribution < -0.4 is 10.5 Å². The third-order valence-electron chi connectivity index (χ3n) is 1.96. The smallest absolute Gasteiger partial charge is 0.352 e. The molecule has 2 N–H and O–H groups in total. The fraction of sp³-hybridized carbons (Fsp3) is 0.364. The van der Waals surface area contributed by atoms with E-state index in [4.69, 9.17) is 4.74 Å². The van der Waals surface area contributed by atoms with Crippen LogP contribution in [0.3, 0.4) is 0 Å². The van der Waals surface area contributed by atoms with Gasteiger partial charge in [-0.05, 0) is 26.0 Å². The Kier molecular flexibility index (Phi) is 3.65. The zero-order valence-electron chi connectivity index (χ0n) is 9.34.